The van der Waals surface area contributed by atoms with E-state index in [0.717, 1.165) is 11.3 Å². The molecule has 11 heavy (non-hydrogen) atoms. The summed E-state index contributed by atoms with van der Waals surface area (Å²) in [6.45, 7) is 2.43. The lowest BCUT2D eigenvalue weighted by atomic mass is 9.33. The van der Waals surface area contributed by atoms with E-state index < -0.39 is 0 Å². The summed E-state index contributed by atoms with van der Waals surface area (Å²) in [6.07, 6.45) is 7.17. The number of hydrogen-bond donors (Lipinski definition) is 1. The first-order valence-corrected chi connectivity index (χ1v) is 4.97. The molecule has 3 aliphatic rings. The molecule has 4 atom stereocenters. The van der Waals surface area contributed by atoms with Crippen LogP contribution < -0.4 is 5.73 Å². The summed E-state index contributed by atoms with van der Waals surface area (Å²) < 4.78 is 0. The molecule has 0 aromatic rings. The molecular weight excluding hydrogens is 134 g/mol. The van der Waals surface area contributed by atoms with Gasteiger partial charge in [0.05, 0.1) is 0 Å². The van der Waals surface area contributed by atoms with Crippen LogP contribution in [0.5, 0.6) is 0 Å². The number of hydrogen-bond acceptors (Lipinski definition) is 1. The fourth-order valence-electron chi connectivity index (χ4n) is 4.54. The molecule has 0 aliphatic heterocycles. The van der Waals surface area contributed by atoms with Crippen molar-refractivity contribution >= 4 is 0 Å². The normalized spacial score (nSPS) is 66.0. The van der Waals surface area contributed by atoms with Gasteiger partial charge in [-0.3, -0.25) is 0 Å². The van der Waals surface area contributed by atoms with Crippen LogP contribution in [0.15, 0.2) is 0 Å². The molecule has 1 nitrogen and oxygen atoms in total. The van der Waals surface area contributed by atoms with Crippen molar-refractivity contribution in [2.75, 3.05) is 0 Å². The van der Waals surface area contributed by atoms with E-state index in [1.165, 1.54) is 32.1 Å². The second-order valence-electron chi connectivity index (χ2n) is 5.08. The lowest BCUT2D eigenvalue weighted by molar-refractivity contribution is -0.217. The Hall–Kier alpha value is -0.0400. The summed E-state index contributed by atoms with van der Waals surface area (Å²) in [5, 5.41) is 0. The summed E-state index contributed by atoms with van der Waals surface area (Å²) in [5.74, 6) is 0.991. The molecule has 0 saturated heterocycles. The molecule has 0 amide bonds. The van der Waals surface area contributed by atoms with Gasteiger partial charge in [-0.15, -0.1) is 0 Å². The molecule has 3 rings (SSSR count). The largest absolute Gasteiger partial charge is 0.327 e. The van der Waals surface area contributed by atoms with Gasteiger partial charge in [0.2, 0.25) is 0 Å². The standard InChI is InChI=1S/C10H17N/c1-7-5-10-4-2-3-9(7,10)6-8(10)11/h7-8H,2-6,11H2,1H3. The third kappa shape index (κ3) is 0.416. The molecule has 0 heterocycles. The lowest BCUT2D eigenvalue weighted by Gasteiger charge is -2.72. The van der Waals surface area contributed by atoms with Crippen molar-refractivity contribution in [1.29, 1.82) is 0 Å². The minimum Gasteiger partial charge on any atom is -0.327 e. The molecule has 0 bridgehead atoms. The van der Waals surface area contributed by atoms with E-state index in [-0.39, 0.29) is 0 Å². The van der Waals surface area contributed by atoms with Crippen LogP contribution in [0.1, 0.15) is 39.0 Å². The van der Waals surface area contributed by atoms with Crippen LogP contribution in [0.3, 0.4) is 0 Å². The highest BCUT2D eigenvalue weighted by Crippen LogP contribution is 2.79. The van der Waals surface area contributed by atoms with Crippen molar-refractivity contribution in [3.63, 3.8) is 0 Å². The SMILES string of the molecule is CC1CC23CCCC12CC3N. The van der Waals surface area contributed by atoms with E-state index in [9.17, 15) is 0 Å². The van der Waals surface area contributed by atoms with Gasteiger partial charge in [-0.1, -0.05) is 13.3 Å². The quantitative estimate of drug-likeness (QED) is 0.562. The summed E-state index contributed by atoms with van der Waals surface area (Å²) in [6, 6.07) is 0.571. The zero-order valence-corrected chi connectivity index (χ0v) is 7.27. The van der Waals surface area contributed by atoms with Crippen LogP contribution in [0.4, 0.5) is 0 Å². The van der Waals surface area contributed by atoms with Crippen LogP contribution >= 0.6 is 0 Å². The van der Waals surface area contributed by atoms with Crippen LogP contribution in [0.2, 0.25) is 0 Å². The van der Waals surface area contributed by atoms with Gasteiger partial charge in [-0.05, 0) is 42.4 Å². The average molecular weight is 151 g/mol. The van der Waals surface area contributed by atoms with E-state index in [2.05, 4.69) is 6.92 Å². The minimum absolute atomic E-state index is 0.571. The van der Waals surface area contributed by atoms with Gasteiger partial charge in [0.25, 0.3) is 0 Å². The Balaban J connectivity index is 2.00. The molecule has 3 aliphatic carbocycles. The maximum atomic E-state index is 6.10. The monoisotopic (exact) mass is 151 g/mol. The van der Waals surface area contributed by atoms with E-state index >= 15 is 0 Å². The van der Waals surface area contributed by atoms with Crippen molar-refractivity contribution in [3.05, 3.63) is 0 Å². The molecule has 4 unspecified atom stereocenters. The van der Waals surface area contributed by atoms with Crippen molar-refractivity contribution in [2.45, 2.75) is 45.1 Å². The summed E-state index contributed by atoms with van der Waals surface area (Å²) >= 11 is 0. The first-order chi connectivity index (χ1) is 5.21. The highest BCUT2D eigenvalue weighted by molar-refractivity contribution is 5.26. The van der Waals surface area contributed by atoms with Crippen LogP contribution in [0.25, 0.3) is 0 Å². The van der Waals surface area contributed by atoms with Gasteiger partial charge in [0.15, 0.2) is 0 Å². The molecule has 0 spiro atoms. The van der Waals surface area contributed by atoms with E-state index in [4.69, 9.17) is 5.73 Å². The van der Waals surface area contributed by atoms with Gasteiger partial charge in [-0.2, -0.15) is 0 Å². The molecule has 3 saturated carbocycles. The number of rotatable bonds is 0. The molecule has 1 heteroatoms. The van der Waals surface area contributed by atoms with E-state index in [1.807, 2.05) is 0 Å². The highest BCUT2D eigenvalue weighted by atomic mass is 14.9. The van der Waals surface area contributed by atoms with Crippen LogP contribution in [0, 0.1) is 16.7 Å². The van der Waals surface area contributed by atoms with Gasteiger partial charge in [0.1, 0.15) is 0 Å². The predicted octanol–water partition coefficient (Wildman–Crippen LogP) is 1.91. The zero-order valence-electron chi connectivity index (χ0n) is 7.27. The van der Waals surface area contributed by atoms with Crippen molar-refractivity contribution < 1.29 is 0 Å². The fourth-order valence-corrected chi connectivity index (χ4v) is 4.54. The molecule has 0 aromatic heterocycles. The van der Waals surface area contributed by atoms with Crippen molar-refractivity contribution in [2.24, 2.45) is 22.5 Å². The first kappa shape index (κ1) is 6.47. The molecule has 0 aromatic carbocycles. The van der Waals surface area contributed by atoms with Gasteiger partial charge in [-0.25, -0.2) is 0 Å². The van der Waals surface area contributed by atoms with Gasteiger partial charge >= 0.3 is 0 Å². The Kier molecular flexibility index (Phi) is 0.893. The van der Waals surface area contributed by atoms with E-state index in [1.54, 1.807) is 0 Å². The first-order valence-electron chi connectivity index (χ1n) is 4.97. The molecule has 62 valence electrons. The second kappa shape index (κ2) is 1.52. The Morgan fingerprint density at radius 3 is 2.45 bits per heavy atom. The van der Waals surface area contributed by atoms with E-state index in [0.29, 0.717) is 11.5 Å². The van der Waals surface area contributed by atoms with Crippen molar-refractivity contribution in [3.8, 4) is 0 Å². The Morgan fingerprint density at radius 2 is 1.91 bits per heavy atom. The summed E-state index contributed by atoms with van der Waals surface area (Å²) in [4.78, 5) is 0. The minimum atomic E-state index is 0.571. The molecule has 2 N–H and O–H groups in total. The Bertz CT molecular complexity index is 191. The predicted molar refractivity (Wildman–Crippen MR) is 45.1 cm³/mol. The Labute approximate surface area is 68.3 Å². The smallest absolute Gasteiger partial charge is 0.0107 e. The molecule has 3 fully saturated rings. The zero-order chi connectivity index (χ0) is 7.69. The molecular formula is C10H17N. The number of nitrogens with two attached hydrogens (primary N) is 1. The summed E-state index contributed by atoms with van der Waals surface area (Å²) in [5.41, 5.74) is 7.51. The maximum absolute atomic E-state index is 6.10. The van der Waals surface area contributed by atoms with Crippen LogP contribution in [-0.2, 0) is 0 Å². The Morgan fingerprint density at radius 1 is 1.18 bits per heavy atom. The highest BCUT2D eigenvalue weighted by Gasteiger charge is 2.74. The van der Waals surface area contributed by atoms with Gasteiger partial charge < -0.3 is 5.73 Å². The second-order valence-corrected chi connectivity index (χ2v) is 5.08. The maximum Gasteiger partial charge on any atom is 0.0107 e. The average Bonchev–Trinajstić information content (AvgIpc) is 2.14. The topological polar surface area (TPSA) is 26.0 Å². The fraction of sp³-hybridized carbons (Fsp3) is 1.00. The van der Waals surface area contributed by atoms with Gasteiger partial charge in [0, 0.05) is 6.04 Å². The lowest BCUT2D eigenvalue weighted by Crippen LogP contribution is -2.72. The van der Waals surface area contributed by atoms with Crippen LogP contribution in [-0.4, -0.2) is 6.04 Å². The van der Waals surface area contributed by atoms with Crippen molar-refractivity contribution in [1.82, 2.24) is 0 Å². The third-order valence-electron chi connectivity index (χ3n) is 5.15. The molecule has 0 radical (unpaired) electrons. The summed E-state index contributed by atoms with van der Waals surface area (Å²) in [7, 11) is 0. The third-order valence-corrected chi connectivity index (χ3v) is 5.15.